The van der Waals surface area contributed by atoms with E-state index in [-0.39, 0.29) is 24.2 Å². The summed E-state index contributed by atoms with van der Waals surface area (Å²) in [6, 6.07) is 0. The minimum absolute atomic E-state index is 0.00263. The van der Waals surface area contributed by atoms with Gasteiger partial charge in [0.1, 0.15) is 0 Å². The molecule has 2 amide bonds. The van der Waals surface area contributed by atoms with Crippen molar-refractivity contribution < 1.29 is 14.3 Å². The summed E-state index contributed by atoms with van der Waals surface area (Å²) in [6.07, 6.45) is 0.255. The van der Waals surface area contributed by atoms with Crippen LogP contribution in [0.25, 0.3) is 0 Å². The maximum absolute atomic E-state index is 12.2. The molecule has 2 N–H and O–H groups in total. The number of carbonyl (C=O) groups excluding carboxylic acids is 2. The van der Waals surface area contributed by atoms with Crippen molar-refractivity contribution in [2.75, 3.05) is 32.1 Å². The van der Waals surface area contributed by atoms with Crippen LogP contribution in [-0.4, -0.2) is 53.7 Å². The van der Waals surface area contributed by atoms with Crippen molar-refractivity contribution in [3.63, 3.8) is 0 Å². The number of rotatable bonds is 5. The highest BCUT2D eigenvalue weighted by Gasteiger charge is 2.34. The number of aromatic nitrogens is 2. The van der Waals surface area contributed by atoms with Crippen molar-refractivity contribution in [1.29, 1.82) is 0 Å². The molecule has 1 saturated heterocycles. The number of aryl methyl sites for hydroxylation is 2. The lowest BCUT2D eigenvalue weighted by atomic mass is 10.1. The molecule has 1 aliphatic rings. The lowest BCUT2D eigenvalue weighted by molar-refractivity contribution is -0.128. The molecular weight excluding hydrogens is 260 g/mol. The molecule has 1 aromatic heterocycles. The van der Waals surface area contributed by atoms with E-state index in [1.807, 2.05) is 13.8 Å². The first-order chi connectivity index (χ1) is 9.52. The molecule has 0 spiro atoms. The molecule has 0 radical (unpaired) electrons. The summed E-state index contributed by atoms with van der Waals surface area (Å²) in [5.41, 5.74) is 2.27. The van der Waals surface area contributed by atoms with Crippen LogP contribution in [-0.2, 0) is 14.3 Å². The number of nitrogens with one attached hydrogen (secondary N) is 2. The fourth-order valence-electron chi connectivity index (χ4n) is 2.33. The zero-order valence-corrected chi connectivity index (χ0v) is 12.0. The number of hydrogen-bond donors (Lipinski definition) is 2. The van der Waals surface area contributed by atoms with E-state index in [2.05, 4.69) is 15.5 Å². The summed E-state index contributed by atoms with van der Waals surface area (Å²) in [5.74, 6) is -0.443. The number of amides is 2. The van der Waals surface area contributed by atoms with Gasteiger partial charge in [0.15, 0.2) is 0 Å². The summed E-state index contributed by atoms with van der Waals surface area (Å²) in [4.78, 5) is 25.7. The van der Waals surface area contributed by atoms with Gasteiger partial charge in [-0.15, -0.1) is 0 Å². The minimum atomic E-state index is -0.312. The molecule has 1 unspecified atom stereocenters. The van der Waals surface area contributed by atoms with E-state index in [9.17, 15) is 9.59 Å². The summed E-state index contributed by atoms with van der Waals surface area (Å²) in [7, 11) is 1.59. The molecule has 0 aromatic carbocycles. The topological polar surface area (TPSA) is 87.3 Å². The van der Waals surface area contributed by atoms with Gasteiger partial charge in [0.2, 0.25) is 11.8 Å². The highest BCUT2D eigenvalue weighted by Crippen LogP contribution is 2.22. The Morgan fingerprint density at radius 3 is 2.90 bits per heavy atom. The Morgan fingerprint density at radius 1 is 1.55 bits per heavy atom. The Hall–Kier alpha value is -1.89. The molecule has 7 nitrogen and oxygen atoms in total. The number of nitrogens with zero attached hydrogens (tertiary/aromatic N) is 2. The number of carbonyl (C=O) groups is 2. The number of aromatic amines is 1. The molecule has 2 heterocycles. The maximum atomic E-state index is 12.2. The lowest BCUT2D eigenvalue weighted by Crippen LogP contribution is -2.30. The standard InChI is InChI=1S/C13H20N4O3/c1-8-12(9(2)16-15-8)14-13(19)10-6-11(18)17(7-10)4-5-20-3/h10H,4-7H2,1-3H3,(H,14,19)(H,15,16). The average Bonchev–Trinajstić information content (AvgIpc) is 2.94. The van der Waals surface area contributed by atoms with Gasteiger partial charge in [-0.1, -0.05) is 0 Å². The van der Waals surface area contributed by atoms with Crippen molar-refractivity contribution in [1.82, 2.24) is 15.1 Å². The Balaban J connectivity index is 1.96. The molecule has 0 bridgehead atoms. The fourth-order valence-corrected chi connectivity index (χ4v) is 2.33. The zero-order valence-electron chi connectivity index (χ0n) is 12.0. The number of methoxy groups -OCH3 is 1. The summed E-state index contributed by atoms with van der Waals surface area (Å²) < 4.78 is 4.96. The average molecular weight is 280 g/mol. The van der Waals surface area contributed by atoms with Crippen LogP contribution in [0.4, 0.5) is 5.69 Å². The SMILES string of the molecule is COCCN1CC(C(=O)Nc2c(C)n[nH]c2C)CC1=O. The Kier molecular flexibility index (Phi) is 4.39. The third-order valence-electron chi connectivity index (χ3n) is 3.53. The predicted molar refractivity (Wildman–Crippen MR) is 73.3 cm³/mol. The van der Waals surface area contributed by atoms with Crippen LogP contribution in [0.3, 0.4) is 0 Å². The second-order valence-corrected chi connectivity index (χ2v) is 5.03. The molecule has 0 saturated carbocycles. The van der Waals surface area contributed by atoms with E-state index < -0.39 is 0 Å². The third-order valence-corrected chi connectivity index (χ3v) is 3.53. The fraction of sp³-hybridized carbons (Fsp3) is 0.615. The van der Waals surface area contributed by atoms with E-state index in [4.69, 9.17) is 4.74 Å². The maximum Gasteiger partial charge on any atom is 0.229 e. The van der Waals surface area contributed by atoms with Crippen LogP contribution in [0.1, 0.15) is 17.8 Å². The van der Waals surface area contributed by atoms with Crippen molar-refractivity contribution in [2.24, 2.45) is 5.92 Å². The van der Waals surface area contributed by atoms with Crippen LogP contribution in [0.5, 0.6) is 0 Å². The van der Waals surface area contributed by atoms with Crippen LogP contribution in [0, 0.1) is 19.8 Å². The number of H-pyrrole nitrogens is 1. The molecule has 20 heavy (non-hydrogen) atoms. The molecule has 1 fully saturated rings. The van der Waals surface area contributed by atoms with E-state index in [0.29, 0.717) is 25.4 Å². The van der Waals surface area contributed by atoms with Crippen molar-refractivity contribution in [3.05, 3.63) is 11.4 Å². The number of hydrogen-bond acceptors (Lipinski definition) is 4. The van der Waals surface area contributed by atoms with Crippen molar-refractivity contribution in [2.45, 2.75) is 20.3 Å². The van der Waals surface area contributed by atoms with E-state index in [0.717, 1.165) is 11.4 Å². The summed E-state index contributed by atoms with van der Waals surface area (Å²) in [5, 5.41) is 9.71. The number of likely N-dealkylation sites (tertiary alicyclic amines) is 1. The van der Waals surface area contributed by atoms with Crippen LogP contribution >= 0.6 is 0 Å². The van der Waals surface area contributed by atoms with Crippen molar-refractivity contribution >= 4 is 17.5 Å². The van der Waals surface area contributed by atoms with Gasteiger partial charge >= 0.3 is 0 Å². The quantitative estimate of drug-likeness (QED) is 0.820. The van der Waals surface area contributed by atoms with E-state index in [1.165, 1.54) is 0 Å². The van der Waals surface area contributed by atoms with Gasteiger partial charge in [0.25, 0.3) is 0 Å². The Morgan fingerprint density at radius 2 is 2.30 bits per heavy atom. The first kappa shape index (κ1) is 14.5. The van der Waals surface area contributed by atoms with E-state index >= 15 is 0 Å². The molecule has 7 heteroatoms. The third kappa shape index (κ3) is 2.98. The largest absolute Gasteiger partial charge is 0.383 e. The second-order valence-electron chi connectivity index (χ2n) is 5.03. The molecule has 1 aromatic rings. The van der Waals surface area contributed by atoms with Crippen molar-refractivity contribution in [3.8, 4) is 0 Å². The van der Waals surface area contributed by atoms with Gasteiger partial charge in [-0.05, 0) is 13.8 Å². The van der Waals surface area contributed by atoms with Gasteiger partial charge < -0.3 is 15.0 Å². The molecular formula is C13H20N4O3. The van der Waals surface area contributed by atoms with Crippen LogP contribution in [0.15, 0.2) is 0 Å². The Bertz CT molecular complexity index is 492. The smallest absolute Gasteiger partial charge is 0.229 e. The summed E-state index contributed by atoms with van der Waals surface area (Å²) in [6.45, 7) is 5.14. The van der Waals surface area contributed by atoms with Gasteiger partial charge in [-0.2, -0.15) is 5.10 Å². The molecule has 2 rings (SSSR count). The van der Waals surface area contributed by atoms with Crippen LogP contribution in [0.2, 0.25) is 0 Å². The van der Waals surface area contributed by atoms with Crippen LogP contribution < -0.4 is 5.32 Å². The first-order valence-corrected chi connectivity index (χ1v) is 6.62. The first-order valence-electron chi connectivity index (χ1n) is 6.62. The number of ether oxygens (including phenoxy) is 1. The molecule has 110 valence electrons. The lowest BCUT2D eigenvalue weighted by Gasteiger charge is -2.15. The second kappa shape index (κ2) is 6.04. The molecule has 0 aliphatic carbocycles. The Labute approximate surface area is 117 Å². The summed E-state index contributed by atoms with van der Waals surface area (Å²) >= 11 is 0. The highest BCUT2D eigenvalue weighted by atomic mass is 16.5. The van der Waals surface area contributed by atoms with Gasteiger partial charge in [-0.3, -0.25) is 14.7 Å². The normalized spacial score (nSPS) is 18.6. The highest BCUT2D eigenvalue weighted by molar-refractivity contribution is 5.97. The monoisotopic (exact) mass is 280 g/mol. The van der Waals surface area contributed by atoms with E-state index in [1.54, 1.807) is 12.0 Å². The van der Waals surface area contributed by atoms with Gasteiger partial charge in [-0.25, -0.2) is 0 Å². The van der Waals surface area contributed by atoms with Gasteiger partial charge in [0.05, 0.1) is 29.6 Å². The van der Waals surface area contributed by atoms with Gasteiger partial charge in [0, 0.05) is 26.6 Å². The molecule has 1 atom stereocenters. The predicted octanol–water partition coefficient (Wildman–Crippen LogP) is 0.460. The number of anilines is 1. The zero-order chi connectivity index (χ0) is 14.7. The molecule has 1 aliphatic heterocycles. The minimum Gasteiger partial charge on any atom is -0.383 e.